The van der Waals surface area contributed by atoms with Gasteiger partial charge in [0.05, 0.1) is 24.8 Å². The Kier molecular flexibility index (Phi) is 5.73. The Bertz CT molecular complexity index is 1230. The molecule has 0 atom stereocenters. The molecule has 1 aliphatic heterocycles. The van der Waals surface area contributed by atoms with E-state index in [0.29, 0.717) is 34.2 Å². The van der Waals surface area contributed by atoms with Crippen molar-refractivity contribution in [1.82, 2.24) is 10.2 Å². The van der Waals surface area contributed by atoms with Crippen molar-refractivity contribution in [3.8, 4) is 5.75 Å². The molecule has 1 aliphatic carbocycles. The van der Waals surface area contributed by atoms with Crippen LogP contribution in [0.4, 0.5) is 17.3 Å². The van der Waals surface area contributed by atoms with E-state index in [1.54, 1.807) is 7.11 Å². The maximum absolute atomic E-state index is 9.76. The molecule has 0 unspecified atom stereocenters. The van der Waals surface area contributed by atoms with Gasteiger partial charge in [0, 0.05) is 30.4 Å². The molecular formula is C25H26ClN5O2. The smallest absolute Gasteiger partial charge is 0.188 e. The molecule has 1 saturated heterocycles. The average molecular weight is 464 g/mol. The van der Waals surface area contributed by atoms with E-state index in [4.69, 9.17) is 22.9 Å². The maximum Gasteiger partial charge on any atom is 0.188 e. The summed E-state index contributed by atoms with van der Waals surface area (Å²) < 4.78 is 5.23. The van der Waals surface area contributed by atoms with Gasteiger partial charge in [-0.15, -0.1) is 10.2 Å². The van der Waals surface area contributed by atoms with Crippen molar-refractivity contribution in [2.24, 2.45) is 5.41 Å². The molecular weight excluding hydrogens is 438 g/mol. The molecule has 2 fully saturated rings. The standard InChI is InChI=1S/C25H26ClN5O2/c1-27-17-4-5-19-20(12-17)23(28-15-16-3-6-22(33-2)21(26)11-16)29-30-24(19)31-9-7-25(8-10-31)13-18(32)14-25/h3-6,11-12,18,32H,7-10,13-15H2,2H3,(H,28,29). The summed E-state index contributed by atoms with van der Waals surface area (Å²) in [5.41, 5.74) is 1.86. The van der Waals surface area contributed by atoms with E-state index >= 15 is 0 Å². The number of halogens is 1. The van der Waals surface area contributed by atoms with Crippen molar-refractivity contribution in [3.63, 3.8) is 0 Å². The van der Waals surface area contributed by atoms with Gasteiger partial charge in [-0.2, -0.15) is 0 Å². The van der Waals surface area contributed by atoms with Gasteiger partial charge in [0.2, 0.25) is 0 Å². The minimum atomic E-state index is -0.129. The molecule has 1 saturated carbocycles. The summed E-state index contributed by atoms with van der Waals surface area (Å²) in [6.07, 6.45) is 3.83. The van der Waals surface area contributed by atoms with E-state index in [9.17, 15) is 5.11 Å². The molecule has 2 aliphatic rings. The largest absolute Gasteiger partial charge is 0.495 e. The fourth-order valence-corrected chi connectivity index (χ4v) is 5.39. The molecule has 33 heavy (non-hydrogen) atoms. The third-order valence-electron chi connectivity index (χ3n) is 7.01. The average Bonchev–Trinajstić information content (AvgIpc) is 2.82. The Morgan fingerprint density at radius 2 is 1.97 bits per heavy atom. The van der Waals surface area contributed by atoms with Gasteiger partial charge in [0.25, 0.3) is 0 Å². The van der Waals surface area contributed by atoms with Crippen LogP contribution in [0.3, 0.4) is 0 Å². The van der Waals surface area contributed by atoms with Crippen LogP contribution < -0.4 is 15.0 Å². The molecule has 3 aromatic rings. The number of aromatic nitrogens is 2. The maximum atomic E-state index is 9.76. The number of hydrogen-bond donors (Lipinski definition) is 2. The normalized spacial score (nSPS) is 17.6. The molecule has 1 aromatic heterocycles. The van der Waals surface area contributed by atoms with Gasteiger partial charge in [-0.3, -0.25) is 0 Å². The SMILES string of the molecule is [C-]#[N+]c1ccc2c(N3CCC4(CC3)CC(O)C4)nnc(NCc3ccc(OC)c(Cl)c3)c2c1. The highest BCUT2D eigenvalue weighted by atomic mass is 35.5. The predicted octanol–water partition coefficient (Wildman–Crippen LogP) is 5.20. The minimum absolute atomic E-state index is 0.129. The number of piperidine rings is 1. The van der Waals surface area contributed by atoms with E-state index < -0.39 is 0 Å². The number of aliphatic hydroxyl groups excluding tert-OH is 1. The number of rotatable bonds is 5. The van der Waals surface area contributed by atoms with Gasteiger partial charge < -0.3 is 20.1 Å². The number of nitrogens with zero attached hydrogens (tertiary/aromatic N) is 4. The van der Waals surface area contributed by atoms with Crippen molar-refractivity contribution in [3.05, 3.63) is 58.4 Å². The number of anilines is 2. The monoisotopic (exact) mass is 463 g/mol. The first-order chi connectivity index (χ1) is 16.0. The lowest BCUT2D eigenvalue weighted by Crippen LogP contribution is -2.49. The Balaban J connectivity index is 1.41. The van der Waals surface area contributed by atoms with Crippen LogP contribution in [0.2, 0.25) is 5.02 Å². The zero-order valence-corrected chi connectivity index (χ0v) is 19.3. The van der Waals surface area contributed by atoms with Crippen molar-refractivity contribution in [2.75, 3.05) is 30.4 Å². The zero-order chi connectivity index (χ0) is 23.0. The Morgan fingerprint density at radius 3 is 2.64 bits per heavy atom. The van der Waals surface area contributed by atoms with Crippen LogP contribution in [0.25, 0.3) is 15.6 Å². The molecule has 0 amide bonds. The molecule has 170 valence electrons. The van der Waals surface area contributed by atoms with E-state index in [1.807, 2.05) is 36.4 Å². The van der Waals surface area contributed by atoms with Crippen LogP contribution in [-0.2, 0) is 6.54 Å². The molecule has 1 spiro atoms. The van der Waals surface area contributed by atoms with Crippen LogP contribution in [-0.4, -0.2) is 41.6 Å². The van der Waals surface area contributed by atoms with Crippen LogP contribution >= 0.6 is 11.6 Å². The second kappa shape index (κ2) is 8.69. The van der Waals surface area contributed by atoms with E-state index in [0.717, 1.165) is 60.9 Å². The number of fused-ring (bicyclic) bond motifs is 1. The van der Waals surface area contributed by atoms with Gasteiger partial charge >= 0.3 is 0 Å². The third kappa shape index (κ3) is 4.17. The van der Waals surface area contributed by atoms with Gasteiger partial charge in [0.1, 0.15) is 5.75 Å². The van der Waals surface area contributed by atoms with Crippen LogP contribution in [0.15, 0.2) is 36.4 Å². The summed E-state index contributed by atoms with van der Waals surface area (Å²) in [6.45, 7) is 9.76. The number of benzene rings is 2. The summed E-state index contributed by atoms with van der Waals surface area (Å²) in [5, 5.41) is 24.6. The van der Waals surface area contributed by atoms with Gasteiger partial charge in [-0.1, -0.05) is 29.8 Å². The van der Waals surface area contributed by atoms with Crippen LogP contribution in [0, 0.1) is 12.0 Å². The summed E-state index contributed by atoms with van der Waals surface area (Å²) >= 11 is 6.26. The Morgan fingerprint density at radius 1 is 1.18 bits per heavy atom. The van der Waals surface area contributed by atoms with E-state index in [2.05, 4.69) is 25.3 Å². The second-order valence-corrected chi connectivity index (χ2v) is 9.49. The molecule has 2 N–H and O–H groups in total. The second-order valence-electron chi connectivity index (χ2n) is 9.09. The molecule has 5 rings (SSSR count). The van der Waals surface area contributed by atoms with Gasteiger partial charge in [-0.25, -0.2) is 4.85 Å². The summed E-state index contributed by atoms with van der Waals surface area (Å²) in [7, 11) is 1.59. The first-order valence-corrected chi connectivity index (χ1v) is 11.6. The lowest BCUT2D eigenvalue weighted by molar-refractivity contribution is -0.0464. The van der Waals surface area contributed by atoms with Crippen molar-refractivity contribution in [2.45, 2.75) is 38.3 Å². The predicted molar refractivity (Wildman–Crippen MR) is 130 cm³/mol. The third-order valence-corrected chi connectivity index (χ3v) is 7.31. The van der Waals surface area contributed by atoms with Crippen molar-refractivity contribution < 1.29 is 9.84 Å². The molecule has 7 nitrogen and oxygen atoms in total. The summed E-state index contributed by atoms with van der Waals surface area (Å²) in [6, 6.07) is 11.3. The summed E-state index contributed by atoms with van der Waals surface area (Å²) in [5.74, 6) is 2.13. The number of hydrogen-bond acceptors (Lipinski definition) is 6. The lowest BCUT2D eigenvalue weighted by Gasteiger charge is -2.50. The highest BCUT2D eigenvalue weighted by molar-refractivity contribution is 6.32. The first kappa shape index (κ1) is 21.7. The lowest BCUT2D eigenvalue weighted by atomic mass is 9.61. The van der Waals surface area contributed by atoms with Crippen molar-refractivity contribution in [1.29, 1.82) is 0 Å². The number of nitrogens with one attached hydrogen (secondary N) is 1. The van der Waals surface area contributed by atoms with Crippen LogP contribution in [0.1, 0.15) is 31.2 Å². The van der Waals surface area contributed by atoms with Gasteiger partial charge in [-0.05, 0) is 54.9 Å². The van der Waals surface area contributed by atoms with E-state index in [1.165, 1.54) is 0 Å². The molecule has 2 heterocycles. The Hall–Kier alpha value is -3.08. The number of ether oxygens (including phenoxy) is 1. The van der Waals surface area contributed by atoms with Crippen molar-refractivity contribution >= 4 is 39.7 Å². The molecule has 2 aromatic carbocycles. The molecule has 8 heteroatoms. The Labute approximate surface area is 198 Å². The zero-order valence-electron chi connectivity index (χ0n) is 18.5. The molecule has 0 radical (unpaired) electrons. The van der Waals surface area contributed by atoms with E-state index in [-0.39, 0.29) is 6.10 Å². The van der Waals surface area contributed by atoms with Gasteiger partial charge in [0.15, 0.2) is 17.3 Å². The number of methoxy groups -OCH3 is 1. The highest BCUT2D eigenvalue weighted by Crippen LogP contribution is 2.49. The summed E-state index contributed by atoms with van der Waals surface area (Å²) in [4.78, 5) is 5.89. The first-order valence-electron chi connectivity index (χ1n) is 11.2. The fourth-order valence-electron chi connectivity index (χ4n) is 5.11. The molecule has 0 bridgehead atoms. The topological polar surface area (TPSA) is 74.9 Å². The highest BCUT2D eigenvalue weighted by Gasteiger charge is 2.45. The number of aliphatic hydroxyl groups is 1. The quantitative estimate of drug-likeness (QED) is 0.507. The fraction of sp³-hybridized carbons (Fsp3) is 0.400. The van der Waals surface area contributed by atoms with Crippen LogP contribution in [0.5, 0.6) is 5.75 Å². The minimum Gasteiger partial charge on any atom is -0.495 e.